The summed E-state index contributed by atoms with van der Waals surface area (Å²) in [6, 6.07) is 18.2. The minimum absolute atomic E-state index is 0.0786. The van der Waals surface area contributed by atoms with Gasteiger partial charge in [-0.05, 0) is 70.0 Å². The standard InChI is InChI=1S/C20H14Br2ClNO2/c21-14-4-9-18(10-5-14)26-20(13-1-6-16(23)7-2-13)19(25)11-17-8-3-15(22)12-24-17/h1-10,12,20H,11H2. The number of Topliss-reactive ketones (excluding diaryl/α,β-unsaturated/α-hetero) is 1. The normalized spacial score (nSPS) is 11.8. The molecule has 0 fully saturated rings. The first-order chi connectivity index (χ1) is 12.5. The molecule has 2 aromatic carbocycles. The van der Waals surface area contributed by atoms with E-state index in [1.165, 1.54) is 0 Å². The Morgan fingerprint density at radius 2 is 1.62 bits per heavy atom. The van der Waals surface area contributed by atoms with E-state index in [0.717, 1.165) is 14.5 Å². The second-order valence-corrected chi connectivity index (χ2v) is 7.88. The van der Waals surface area contributed by atoms with Crippen molar-refractivity contribution in [3.63, 3.8) is 0 Å². The number of halogens is 3. The molecule has 0 spiro atoms. The molecule has 1 unspecified atom stereocenters. The molecule has 26 heavy (non-hydrogen) atoms. The number of ether oxygens (including phenoxy) is 1. The van der Waals surface area contributed by atoms with Crippen molar-refractivity contribution in [2.24, 2.45) is 0 Å². The van der Waals surface area contributed by atoms with Crippen LogP contribution < -0.4 is 4.74 Å². The lowest BCUT2D eigenvalue weighted by Crippen LogP contribution is -2.21. The molecule has 1 aromatic heterocycles. The number of carbonyl (C=O) groups excluding carboxylic acids is 1. The van der Waals surface area contributed by atoms with Crippen molar-refractivity contribution in [3.8, 4) is 5.75 Å². The predicted molar refractivity (Wildman–Crippen MR) is 110 cm³/mol. The number of carbonyl (C=O) groups is 1. The average molecular weight is 496 g/mol. The fourth-order valence-corrected chi connectivity index (χ4v) is 3.01. The highest BCUT2D eigenvalue weighted by atomic mass is 79.9. The van der Waals surface area contributed by atoms with E-state index in [-0.39, 0.29) is 12.2 Å². The topological polar surface area (TPSA) is 39.2 Å². The lowest BCUT2D eigenvalue weighted by atomic mass is 10.0. The monoisotopic (exact) mass is 493 g/mol. The van der Waals surface area contributed by atoms with E-state index in [1.54, 1.807) is 30.5 Å². The summed E-state index contributed by atoms with van der Waals surface area (Å²) in [5.74, 6) is 0.537. The van der Waals surface area contributed by atoms with Gasteiger partial charge in [-0.25, -0.2) is 0 Å². The maximum absolute atomic E-state index is 12.9. The molecule has 1 heterocycles. The number of hydrogen-bond donors (Lipinski definition) is 0. The van der Waals surface area contributed by atoms with Crippen molar-refractivity contribution < 1.29 is 9.53 Å². The van der Waals surface area contributed by atoms with Crippen LogP contribution in [0.5, 0.6) is 5.75 Å². The van der Waals surface area contributed by atoms with Crippen molar-refractivity contribution in [1.82, 2.24) is 4.98 Å². The molecule has 3 rings (SSSR count). The zero-order valence-corrected chi connectivity index (χ0v) is 17.5. The van der Waals surface area contributed by atoms with Gasteiger partial charge in [0.25, 0.3) is 0 Å². The van der Waals surface area contributed by atoms with Gasteiger partial charge in [0.05, 0.1) is 6.42 Å². The maximum atomic E-state index is 12.9. The van der Waals surface area contributed by atoms with Crippen molar-refractivity contribution in [1.29, 1.82) is 0 Å². The van der Waals surface area contributed by atoms with Crippen LogP contribution in [0, 0.1) is 0 Å². The van der Waals surface area contributed by atoms with Crippen LogP contribution in [0.1, 0.15) is 17.4 Å². The number of benzene rings is 2. The van der Waals surface area contributed by atoms with E-state index in [9.17, 15) is 4.79 Å². The van der Waals surface area contributed by atoms with E-state index in [4.69, 9.17) is 16.3 Å². The number of ketones is 1. The van der Waals surface area contributed by atoms with Crippen LogP contribution in [0.25, 0.3) is 0 Å². The predicted octanol–water partition coefficient (Wildman–Crippen LogP) is 6.19. The quantitative estimate of drug-likeness (QED) is 0.409. The molecule has 1 atom stereocenters. The SMILES string of the molecule is O=C(Cc1ccc(Br)cn1)C(Oc1ccc(Br)cc1)c1ccc(Cl)cc1. The number of nitrogens with zero attached hydrogens (tertiary/aromatic N) is 1. The Hall–Kier alpha value is -1.69. The van der Waals surface area contributed by atoms with E-state index in [2.05, 4.69) is 36.8 Å². The van der Waals surface area contributed by atoms with Crippen LogP contribution in [0.2, 0.25) is 5.02 Å². The molecule has 0 aliphatic rings. The number of aromatic nitrogens is 1. The van der Waals surface area contributed by atoms with Gasteiger partial charge in [0.1, 0.15) is 5.75 Å². The van der Waals surface area contributed by atoms with E-state index >= 15 is 0 Å². The summed E-state index contributed by atoms with van der Waals surface area (Å²) >= 11 is 12.7. The Bertz CT molecular complexity index is 881. The first-order valence-electron chi connectivity index (χ1n) is 7.82. The van der Waals surface area contributed by atoms with Gasteiger partial charge in [-0.15, -0.1) is 0 Å². The molecule has 0 aliphatic carbocycles. The molecule has 0 saturated heterocycles. The van der Waals surface area contributed by atoms with Gasteiger partial charge < -0.3 is 4.74 Å². The summed E-state index contributed by atoms with van der Waals surface area (Å²) in [7, 11) is 0. The van der Waals surface area contributed by atoms with Crippen LogP contribution in [-0.2, 0) is 11.2 Å². The molecular weight excluding hydrogens is 481 g/mol. The van der Waals surface area contributed by atoms with Gasteiger partial charge in [0.15, 0.2) is 11.9 Å². The van der Waals surface area contributed by atoms with Gasteiger partial charge in [-0.3, -0.25) is 9.78 Å². The number of pyridine rings is 1. The van der Waals surface area contributed by atoms with Crippen molar-refractivity contribution >= 4 is 49.2 Å². The second-order valence-electron chi connectivity index (χ2n) is 5.61. The molecule has 0 bridgehead atoms. The Labute approximate surface area is 173 Å². The Kier molecular flexibility index (Phi) is 6.46. The van der Waals surface area contributed by atoms with E-state index in [0.29, 0.717) is 16.5 Å². The van der Waals surface area contributed by atoms with Gasteiger partial charge in [-0.2, -0.15) is 0 Å². The summed E-state index contributed by atoms with van der Waals surface area (Å²) < 4.78 is 7.81. The highest BCUT2D eigenvalue weighted by molar-refractivity contribution is 9.10. The first-order valence-corrected chi connectivity index (χ1v) is 9.78. The second kappa shape index (κ2) is 8.80. The van der Waals surface area contributed by atoms with Crippen molar-refractivity contribution in [3.05, 3.63) is 92.1 Å². The third-order valence-electron chi connectivity index (χ3n) is 3.68. The molecule has 6 heteroatoms. The molecule has 0 saturated carbocycles. The van der Waals surface area contributed by atoms with Gasteiger partial charge in [-0.1, -0.05) is 39.7 Å². The molecule has 3 nitrogen and oxygen atoms in total. The zero-order valence-electron chi connectivity index (χ0n) is 13.5. The molecule has 3 aromatic rings. The van der Waals surface area contributed by atoms with Crippen LogP contribution in [0.3, 0.4) is 0 Å². The fourth-order valence-electron chi connectivity index (χ4n) is 2.39. The summed E-state index contributed by atoms with van der Waals surface area (Å²) in [6.07, 6.45) is 1.12. The fraction of sp³-hybridized carbons (Fsp3) is 0.100. The highest BCUT2D eigenvalue weighted by Gasteiger charge is 2.23. The average Bonchev–Trinajstić information content (AvgIpc) is 2.64. The first kappa shape index (κ1) is 19.1. The minimum Gasteiger partial charge on any atom is -0.478 e. The highest BCUT2D eigenvalue weighted by Crippen LogP contribution is 2.26. The summed E-state index contributed by atoms with van der Waals surface area (Å²) in [5.41, 5.74) is 1.44. The largest absolute Gasteiger partial charge is 0.478 e. The number of rotatable bonds is 6. The minimum atomic E-state index is -0.737. The van der Waals surface area contributed by atoms with E-state index in [1.807, 2.05) is 36.4 Å². The Balaban J connectivity index is 1.85. The Morgan fingerprint density at radius 3 is 2.23 bits per heavy atom. The molecule has 132 valence electrons. The molecule has 0 aliphatic heterocycles. The molecule has 0 radical (unpaired) electrons. The van der Waals surface area contributed by atoms with Gasteiger partial charge in [0, 0.05) is 25.9 Å². The Morgan fingerprint density at radius 1 is 0.962 bits per heavy atom. The smallest absolute Gasteiger partial charge is 0.183 e. The van der Waals surface area contributed by atoms with Crippen molar-refractivity contribution in [2.45, 2.75) is 12.5 Å². The third-order valence-corrected chi connectivity index (χ3v) is 4.93. The molecular formula is C20H14Br2ClNO2. The van der Waals surface area contributed by atoms with Crippen LogP contribution in [0.4, 0.5) is 0 Å². The molecule has 0 N–H and O–H groups in total. The third kappa shape index (κ3) is 5.16. The zero-order chi connectivity index (χ0) is 18.5. The molecule has 0 amide bonds. The van der Waals surface area contributed by atoms with E-state index < -0.39 is 6.10 Å². The number of hydrogen-bond acceptors (Lipinski definition) is 3. The van der Waals surface area contributed by atoms with Gasteiger partial charge >= 0.3 is 0 Å². The summed E-state index contributed by atoms with van der Waals surface area (Å²) in [5, 5.41) is 0.609. The lowest BCUT2D eigenvalue weighted by molar-refractivity contribution is -0.125. The summed E-state index contributed by atoms with van der Waals surface area (Å²) in [4.78, 5) is 17.2. The summed E-state index contributed by atoms with van der Waals surface area (Å²) in [6.45, 7) is 0. The van der Waals surface area contributed by atoms with Crippen molar-refractivity contribution in [2.75, 3.05) is 0 Å². The van der Waals surface area contributed by atoms with Crippen LogP contribution in [-0.4, -0.2) is 10.8 Å². The van der Waals surface area contributed by atoms with Crippen LogP contribution in [0.15, 0.2) is 75.8 Å². The van der Waals surface area contributed by atoms with Crippen LogP contribution >= 0.6 is 43.5 Å². The van der Waals surface area contributed by atoms with Gasteiger partial charge in [0.2, 0.25) is 0 Å². The lowest BCUT2D eigenvalue weighted by Gasteiger charge is -2.19. The maximum Gasteiger partial charge on any atom is 0.183 e.